The van der Waals surface area contributed by atoms with Crippen LogP contribution in [0, 0.1) is 57.0 Å². The van der Waals surface area contributed by atoms with Gasteiger partial charge in [-0.25, -0.2) is 4.79 Å². The molecule has 17 heteroatoms. The number of nitro groups is 1. The third-order valence-corrected chi connectivity index (χ3v) is 16.0. The van der Waals surface area contributed by atoms with Gasteiger partial charge in [0.05, 0.1) is 17.4 Å². The fraction of sp³-hybridized carbons (Fsp3) is 0.643. The van der Waals surface area contributed by atoms with Gasteiger partial charge in [0.15, 0.2) is 0 Å². The number of carbonyl (C=O) groups is 6. The molecule has 0 bridgehead atoms. The normalized spacial score (nSPS) is 23.7. The summed E-state index contributed by atoms with van der Waals surface area (Å²) in [4.78, 5) is 86.3. The molecule has 0 heterocycles. The molecule has 3 aliphatic rings. The number of benzene rings is 2. The molecule has 2 aromatic rings. The molecule has 5 amide bonds. The molecule has 0 spiro atoms. The van der Waals surface area contributed by atoms with Crippen LogP contribution in [0.25, 0.3) is 0 Å². The van der Waals surface area contributed by atoms with Crippen LogP contribution in [-0.4, -0.2) is 72.0 Å². The summed E-state index contributed by atoms with van der Waals surface area (Å²) in [5.41, 5.74) is 7.87. The number of anilines is 1. The van der Waals surface area contributed by atoms with Crippen molar-refractivity contribution in [3.8, 4) is 5.75 Å². The van der Waals surface area contributed by atoms with Crippen LogP contribution in [0.2, 0.25) is 0 Å². The Kier molecular flexibility index (Phi) is 22.3. The van der Waals surface area contributed by atoms with E-state index < -0.39 is 53.2 Å². The Hall–Kier alpha value is -5.84. The Morgan fingerprint density at radius 3 is 2.23 bits per heavy atom. The third kappa shape index (κ3) is 17.1. The molecule has 10 atom stereocenters. The number of allylic oxidation sites excluding steroid dienone is 1. The van der Waals surface area contributed by atoms with Crippen molar-refractivity contribution < 1.29 is 47.9 Å². The van der Waals surface area contributed by atoms with E-state index in [9.17, 15) is 38.9 Å². The van der Waals surface area contributed by atoms with E-state index >= 15 is 0 Å². The Labute approximate surface area is 431 Å². The van der Waals surface area contributed by atoms with Crippen molar-refractivity contribution >= 4 is 47.1 Å². The van der Waals surface area contributed by atoms with E-state index in [1.54, 1.807) is 24.6 Å². The Morgan fingerprint density at radius 2 is 1.58 bits per heavy atom. The number of rotatable bonds is 27. The molecule has 3 aliphatic carbocycles. The van der Waals surface area contributed by atoms with Gasteiger partial charge < -0.3 is 41.2 Å². The van der Waals surface area contributed by atoms with Gasteiger partial charge in [-0.1, -0.05) is 97.9 Å². The lowest BCUT2D eigenvalue weighted by atomic mass is 9.53. The molecule has 5 rings (SSSR count). The van der Waals surface area contributed by atoms with E-state index in [2.05, 4.69) is 68.9 Å². The minimum Gasteiger partial charge on any atom is -0.429 e. The van der Waals surface area contributed by atoms with Crippen molar-refractivity contribution in [1.82, 2.24) is 16.0 Å². The quantitative estimate of drug-likeness (QED) is 0.0141. The van der Waals surface area contributed by atoms with Crippen LogP contribution >= 0.6 is 0 Å². The summed E-state index contributed by atoms with van der Waals surface area (Å²) in [5.74, 6) is 2.44. The second kappa shape index (κ2) is 28.0. The number of nitro benzene ring substituents is 1. The molecule has 0 radical (unpaired) electrons. The average molecular weight is 1020 g/mol. The summed E-state index contributed by atoms with van der Waals surface area (Å²) < 4.78 is 16.5. The molecule has 17 nitrogen and oxygen atoms in total. The minimum atomic E-state index is -1.37. The number of non-ortho nitro benzene ring substituents is 1. The Balaban J connectivity index is 0.979. The number of ether oxygens (including phenoxy) is 3. The predicted molar refractivity (Wildman–Crippen MR) is 279 cm³/mol. The molecular weight excluding hydrogens is 933 g/mol. The first-order valence-corrected chi connectivity index (χ1v) is 26.8. The molecule has 0 aliphatic heterocycles. The molecule has 2 aromatic carbocycles. The predicted octanol–water partition coefficient (Wildman–Crippen LogP) is 9.46. The lowest BCUT2D eigenvalue weighted by molar-refractivity contribution is -0.384. The monoisotopic (exact) mass is 1010 g/mol. The lowest BCUT2D eigenvalue weighted by Crippen LogP contribution is -2.53. The number of hydrogen-bond donors (Lipinski definition) is 5. The first-order chi connectivity index (χ1) is 34.8. The highest BCUT2D eigenvalue weighted by Crippen LogP contribution is 2.59. The molecule has 402 valence electrons. The van der Waals surface area contributed by atoms with E-state index in [1.165, 1.54) is 81.3 Å². The van der Waals surface area contributed by atoms with Crippen LogP contribution in [0.5, 0.6) is 5.75 Å². The zero-order valence-electron chi connectivity index (χ0n) is 44.2. The van der Waals surface area contributed by atoms with Gasteiger partial charge in [0.1, 0.15) is 24.4 Å². The first-order valence-electron chi connectivity index (χ1n) is 26.8. The number of nitrogens with two attached hydrogens (primary N) is 1. The van der Waals surface area contributed by atoms with Crippen molar-refractivity contribution in [2.24, 2.45) is 52.6 Å². The van der Waals surface area contributed by atoms with Crippen LogP contribution in [0.1, 0.15) is 150 Å². The van der Waals surface area contributed by atoms with E-state index in [0.717, 1.165) is 54.8 Å². The zero-order chi connectivity index (χ0) is 53.2. The number of nitrogens with one attached hydrogen (secondary N) is 4. The number of nitrogens with zero attached hydrogens (tertiary/aromatic N) is 1. The molecule has 73 heavy (non-hydrogen) atoms. The zero-order valence-corrected chi connectivity index (χ0v) is 44.2. The molecule has 0 saturated heterocycles. The summed E-state index contributed by atoms with van der Waals surface area (Å²) in [6, 6.07) is 8.60. The van der Waals surface area contributed by atoms with Gasteiger partial charge in [-0.15, -0.1) is 0 Å². The minimum absolute atomic E-state index is 0.0569. The number of hydrogen-bond acceptors (Lipinski definition) is 11. The van der Waals surface area contributed by atoms with Gasteiger partial charge >= 0.3 is 6.16 Å². The highest BCUT2D eigenvalue weighted by atomic mass is 16.7. The van der Waals surface area contributed by atoms with E-state index in [4.69, 9.17) is 19.9 Å². The van der Waals surface area contributed by atoms with Crippen molar-refractivity contribution in [2.75, 3.05) is 18.5 Å². The lowest BCUT2D eigenvalue weighted by Gasteiger charge is -2.52. The largest absolute Gasteiger partial charge is 0.514 e. The number of carbonyl (C=O) groups excluding carboxylic acids is 6. The van der Waals surface area contributed by atoms with E-state index in [0.29, 0.717) is 36.7 Å². The van der Waals surface area contributed by atoms with Gasteiger partial charge in [0.25, 0.3) is 5.69 Å². The van der Waals surface area contributed by atoms with Crippen LogP contribution in [0.15, 0.2) is 60.2 Å². The van der Waals surface area contributed by atoms with Gasteiger partial charge in [-0.05, 0) is 128 Å². The molecular formula is C56H82N6O11. The molecule has 10 unspecified atom stereocenters. The van der Waals surface area contributed by atoms with Crippen molar-refractivity contribution in [3.63, 3.8) is 0 Å². The molecule has 2 fully saturated rings. The highest BCUT2D eigenvalue weighted by Gasteiger charge is 2.50. The summed E-state index contributed by atoms with van der Waals surface area (Å²) in [6.45, 7) is 17.1. The smallest absolute Gasteiger partial charge is 0.429 e. The van der Waals surface area contributed by atoms with Crippen LogP contribution in [-0.2, 0) is 40.1 Å². The maximum absolute atomic E-state index is 13.3. The van der Waals surface area contributed by atoms with Gasteiger partial charge in [0, 0.05) is 43.8 Å². The maximum Gasteiger partial charge on any atom is 0.514 e. The van der Waals surface area contributed by atoms with Crippen molar-refractivity contribution in [2.45, 2.75) is 170 Å². The van der Waals surface area contributed by atoms with Gasteiger partial charge in [-0.3, -0.25) is 34.1 Å². The SMILES string of the molecule is CCC(NC(=O)CCC(=O)NCCCOC1CCC2(C)C(=CCC(C3CCC(C(C)CCCC(C)C)C3C)C2CC)C1)C(=O)NC(CC(N)=O)C(=O)Nc1ccc(COC(=O)Oc2ccc([N+](=O)[O-])cc2)cc1. The fourth-order valence-corrected chi connectivity index (χ4v) is 11.9. The van der Waals surface area contributed by atoms with Gasteiger partial charge in [-0.2, -0.15) is 0 Å². The summed E-state index contributed by atoms with van der Waals surface area (Å²) in [6.07, 6.45) is 14.1. The molecule has 0 aromatic heterocycles. The topological polar surface area (TPSA) is 247 Å². The Bertz CT molecular complexity index is 2220. The van der Waals surface area contributed by atoms with Crippen molar-refractivity contribution in [1.29, 1.82) is 0 Å². The van der Waals surface area contributed by atoms with Gasteiger partial charge in [0.2, 0.25) is 29.5 Å². The van der Waals surface area contributed by atoms with Crippen LogP contribution in [0.4, 0.5) is 16.2 Å². The third-order valence-electron chi connectivity index (χ3n) is 16.0. The fourth-order valence-electron chi connectivity index (χ4n) is 11.9. The Morgan fingerprint density at radius 1 is 0.863 bits per heavy atom. The molecule has 2 saturated carbocycles. The van der Waals surface area contributed by atoms with Crippen LogP contribution < -0.4 is 31.7 Å². The number of fused-ring (bicyclic) bond motifs is 1. The average Bonchev–Trinajstić information content (AvgIpc) is 3.74. The first kappa shape index (κ1) is 58.1. The number of amides is 5. The molecule has 6 N–H and O–H groups in total. The maximum atomic E-state index is 13.3. The van der Waals surface area contributed by atoms with Crippen molar-refractivity contribution in [3.05, 3.63) is 75.9 Å². The van der Waals surface area contributed by atoms with E-state index in [1.807, 2.05) is 0 Å². The highest BCUT2D eigenvalue weighted by molar-refractivity contribution is 6.00. The summed E-state index contributed by atoms with van der Waals surface area (Å²) >= 11 is 0. The van der Waals surface area contributed by atoms with E-state index in [-0.39, 0.29) is 54.7 Å². The standard InChI is InChI=1S/C56H82N6O11/c1-8-47-46(45-25-24-44(37(45)6)36(5)13-10-12-35(3)4)23-16-39-32-43(28-29-56(39,47)7)71-31-11-30-58-51(64)26-27-52(65)60-48(9-2)53(66)61-49(33-50(57)63)54(67)59-40-17-14-38(15-18-40)34-72-55(68)73-42-21-19-41(20-22-42)62(69)70/h14-22,35-37,43-49H,8-13,23-34H2,1-7H3,(H2,57,63)(H,58,64)(H,59,67)(H,60,65)(H,61,66). The summed E-state index contributed by atoms with van der Waals surface area (Å²) in [5, 5.41) is 21.4. The summed E-state index contributed by atoms with van der Waals surface area (Å²) in [7, 11) is 0. The van der Waals surface area contributed by atoms with Crippen LogP contribution in [0.3, 0.4) is 0 Å². The second-order valence-corrected chi connectivity index (χ2v) is 21.4. The second-order valence-electron chi connectivity index (χ2n) is 21.4. The number of primary amides is 1.